The van der Waals surface area contributed by atoms with Crippen molar-refractivity contribution in [2.75, 3.05) is 6.61 Å². The fourth-order valence-electron chi connectivity index (χ4n) is 1.06. The van der Waals surface area contributed by atoms with Crippen molar-refractivity contribution in [1.82, 2.24) is 0 Å². The van der Waals surface area contributed by atoms with Crippen LogP contribution in [0.15, 0.2) is 0 Å². The molecule has 0 spiro atoms. The zero-order valence-corrected chi connectivity index (χ0v) is 6.91. The first-order chi connectivity index (χ1) is 5.15. The van der Waals surface area contributed by atoms with E-state index in [0.29, 0.717) is 0 Å². The molecule has 11 heavy (non-hydrogen) atoms. The van der Waals surface area contributed by atoms with E-state index >= 15 is 0 Å². The number of aliphatic hydroxyl groups is 1. The Labute approximate surface area is 66.4 Å². The molecule has 0 aliphatic heterocycles. The molecule has 1 fully saturated rings. The highest BCUT2D eigenvalue weighted by Gasteiger charge is 2.43. The fourth-order valence-corrected chi connectivity index (χ4v) is 1.06. The molecule has 0 bridgehead atoms. The number of esters is 1. The Balaban J connectivity index is 2.23. The van der Waals surface area contributed by atoms with Crippen molar-refractivity contribution < 1.29 is 14.6 Å². The van der Waals surface area contributed by atoms with Crippen molar-refractivity contribution in [3.05, 3.63) is 0 Å². The molecule has 64 valence electrons. The molecular weight excluding hydrogens is 144 g/mol. The van der Waals surface area contributed by atoms with Crippen molar-refractivity contribution >= 4 is 5.97 Å². The van der Waals surface area contributed by atoms with Gasteiger partial charge in [-0.15, -0.1) is 0 Å². The third-order valence-corrected chi connectivity index (χ3v) is 1.81. The van der Waals surface area contributed by atoms with Crippen molar-refractivity contribution in [3.63, 3.8) is 0 Å². The van der Waals surface area contributed by atoms with Crippen LogP contribution in [0.2, 0.25) is 0 Å². The van der Waals surface area contributed by atoms with Crippen LogP contribution in [0.3, 0.4) is 0 Å². The van der Waals surface area contributed by atoms with E-state index in [9.17, 15) is 4.79 Å². The molecule has 0 amide bonds. The molecule has 1 N–H and O–H groups in total. The standard InChI is InChI=1S/C8H14O3/c1-5(2)11-8(10)7-3-6(7)4-9/h5-7,9H,3-4H2,1-2H3/t6-,7-/m0/s1. The second-order valence-electron chi connectivity index (χ2n) is 3.27. The largest absolute Gasteiger partial charge is 0.463 e. The minimum Gasteiger partial charge on any atom is -0.463 e. The minimum absolute atomic E-state index is 0.0256. The van der Waals surface area contributed by atoms with Crippen molar-refractivity contribution in [2.24, 2.45) is 11.8 Å². The summed E-state index contributed by atoms with van der Waals surface area (Å²) in [6.07, 6.45) is 0.754. The van der Waals surface area contributed by atoms with Gasteiger partial charge in [0.05, 0.1) is 12.0 Å². The maximum atomic E-state index is 11.1. The van der Waals surface area contributed by atoms with Gasteiger partial charge in [0.25, 0.3) is 0 Å². The van der Waals surface area contributed by atoms with Gasteiger partial charge in [-0.3, -0.25) is 4.79 Å². The van der Waals surface area contributed by atoms with Crippen molar-refractivity contribution in [1.29, 1.82) is 0 Å². The van der Waals surface area contributed by atoms with E-state index < -0.39 is 0 Å². The van der Waals surface area contributed by atoms with Crippen molar-refractivity contribution in [2.45, 2.75) is 26.4 Å². The Morgan fingerprint density at radius 3 is 2.73 bits per heavy atom. The molecule has 1 rings (SSSR count). The summed E-state index contributed by atoms with van der Waals surface area (Å²) in [6.45, 7) is 3.76. The quantitative estimate of drug-likeness (QED) is 0.611. The molecule has 0 aromatic rings. The van der Waals surface area contributed by atoms with Gasteiger partial charge < -0.3 is 9.84 Å². The number of hydrogen-bond acceptors (Lipinski definition) is 3. The molecule has 0 aromatic carbocycles. The first-order valence-electron chi connectivity index (χ1n) is 3.96. The summed E-state index contributed by atoms with van der Waals surface area (Å²) in [4.78, 5) is 11.1. The summed E-state index contributed by atoms with van der Waals surface area (Å²) < 4.78 is 4.96. The molecule has 0 heterocycles. The number of ether oxygens (including phenoxy) is 1. The molecule has 1 aliphatic rings. The van der Waals surface area contributed by atoms with Gasteiger partial charge in [-0.2, -0.15) is 0 Å². The smallest absolute Gasteiger partial charge is 0.309 e. The molecular formula is C8H14O3. The Morgan fingerprint density at radius 2 is 2.36 bits per heavy atom. The summed E-state index contributed by atoms with van der Waals surface area (Å²) in [5.41, 5.74) is 0. The van der Waals surface area contributed by atoms with E-state index in [1.165, 1.54) is 0 Å². The van der Waals surface area contributed by atoms with Crippen LogP contribution < -0.4 is 0 Å². The first-order valence-corrected chi connectivity index (χ1v) is 3.96. The van der Waals surface area contributed by atoms with Crippen LogP contribution in [-0.2, 0) is 9.53 Å². The average molecular weight is 158 g/mol. The number of rotatable bonds is 3. The summed E-state index contributed by atoms with van der Waals surface area (Å²) in [7, 11) is 0. The topological polar surface area (TPSA) is 46.5 Å². The lowest BCUT2D eigenvalue weighted by molar-refractivity contribution is -0.149. The molecule has 2 atom stereocenters. The summed E-state index contributed by atoms with van der Waals surface area (Å²) in [5.74, 6) is -0.0114. The molecule has 1 saturated carbocycles. The Morgan fingerprint density at radius 1 is 1.73 bits per heavy atom. The molecule has 3 nitrogen and oxygen atoms in total. The SMILES string of the molecule is CC(C)OC(=O)[C@H]1C[C@H]1CO. The zero-order valence-electron chi connectivity index (χ0n) is 6.91. The molecule has 1 aliphatic carbocycles. The third-order valence-electron chi connectivity index (χ3n) is 1.81. The van der Waals surface area contributed by atoms with Gasteiger partial charge in [0.2, 0.25) is 0 Å². The highest BCUT2D eigenvalue weighted by molar-refractivity contribution is 5.75. The lowest BCUT2D eigenvalue weighted by atomic mass is 10.3. The normalized spacial score (nSPS) is 28.7. The number of aliphatic hydroxyl groups excluding tert-OH is 1. The number of carbonyl (C=O) groups excluding carboxylic acids is 1. The van der Waals surface area contributed by atoms with Crippen LogP contribution in [0.1, 0.15) is 20.3 Å². The van der Waals surface area contributed by atoms with E-state index in [0.717, 1.165) is 6.42 Å². The Hall–Kier alpha value is -0.570. The van der Waals surface area contributed by atoms with Gasteiger partial charge in [0.15, 0.2) is 0 Å². The minimum atomic E-state index is -0.154. The summed E-state index contributed by atoms with van der Waals surface area (Å²) in [5, 5.41) is 8.65. The van der Waals surface area contributed by atoms with Crippen LogP contribution in [-0.4, -0.2) is 23.8 Å². The van der Waals surface area contributed by atoms with E-state index in [1.54, 1.807) is 0 Å². The average Bonchev–Trinajstić information content (AvgIpc) is 2.63. The fraction of sp³-hybridized carbons (Fsp3) is 0.875. The zero-order chi connectivity index (χ0) is 8.43. The Bertz CT molecular complexity index is 153. The van der Waals surface area contributed by atoms with E-state index in [2.05, 4.69) is 0 Å². The van der Waals surface area contributed by atoms with E-state index in [-0.39, 0.29) is 30.5 Å². The van der Waals surface area contributed by atoms with Gasteiger partial charge in [-0.1, -0.05) is 0 Å². The third kappa shape index (κ3) is 2.19. The summed E-state index contributed by atoms with van der Waals surface area (Å²) in [6, 6.07) is 0. The van der Waals surface area contributed by atoms with Crippen LogP contribution in [0.4, 0.5) is 0 Å². The molecule has 3 heteroatoms. The second kappa shape index (κ2) is 3.22. The number of carbonyl (C=O) groups is 1. The maximum absolute atomic E-state index is 11.1. The van der Waals surface area contributed by atoms with Gasteiger partial charge in [-0.25, -0.2) is 0 Å². The van der Waals surface area contributed by atoms with Crippen LogP contribution >= 0.6 is 0 Å². The lowest BCUT2D eigenvalue weighted by Gasteiger charge is -2.06. The van der Waals surface area contributed by atoms with Gasteiger partial charge in [-0.05, 0) is 26.2 Å². The van der Waals surface area contributed by atoms with E-state index in [4.69, 9.17) is 9.84 Å². The van der Waals surface area contributed by atoms with Crippen molar-refractivity contribution in [3.8, 4) is 0 Å². The predicted octanol–water partition coefficient (Wildman–Crippen LogP) is 0.566. The predicted molar refractivity (Wildman–Crippen MR) is 39.9 cm³/mol. The first kappa shape index (κ1) is 8.53. The molecule has 0 saturated heterocycles. The highest BCUT2D eigenvalue weighted by atomic mass is 16.5. The lowest BCUT2D eigenvalue weighted by Crippen LogP contribution is -2.14. The van der Waals surface area contributed by atoms with Crippen LogP contribution in [0.25, 0.3) is 0 Å². The maximum Gasteiger partial charge on any atom is 0.309 e. The van der Waals surface area contributed by atoms with Crippen LogP contribution in [0.5, 0.6) is 0 Å². The summed E-state index contributed by atoms with van der Waals surface area (Å²) >= 11 is 0. The van der Waals surface area contributed by atoms with Gasteiger partial charge >= 0.3 is 5.97 Å². The van der Waals surface area contributed by atoms with Gasteiger partial charge in [0, 0.05) is 6.61 Å². The molecule has 0 radical (unpaired) electrons. The highest BCUT2D eigenvalue weighted by Crippen LogP contribution is 2.38. The van der Waals surface area contributed by atoms with E-state index in [1.807, 2.05) is 13.8 Å². The monoisotopic (exact) mass is 158 g/mol. The second-order valence-corrected chi connectivity index (χ2v) is 3.27. The van der Waals surface area contributed by atoms with Crippen LogP contribution in [0, 0.1) is 11.8 Å². The molecule has 0 aromatic heterocycles. The molecule has 0 unspecified atom stereocenters. The van der Waals surface area contributed by atoms with Gasteiger partial charge in [0.1, 0.15) is 0 Å². The Kier molecular flexibility index (Phi) is 2.49. The number of hydrogen-bond donors (Lipinski definition) is 1.